The van der Waals surface area contributed by atoms with Gasteiger partial charge in [-0.3, -0.25) is 4.68 Å². The van der Waals surface area contributed by atoms with E-state index in [-0.39, 0.29) is 0 Å². The van der Waals surface area contributed by atoms with Crippen molar-refractivity contribution in [2.45, 2.75) is 6.54 Å². The average Bonchev–Trinajstić information content (AvgIpc) is 2.72. The quantitative estimate of drug-likeness (QED) is 0.839. The molecule has 2 rings (SSSR count). The molecule has 2 aromatic rings. The molecular weight excluding hydrogens is 314 g/mol. The van der Waals surface area contributed by atoms with Gasteiger partial charge in [-0.15, -0.1) is 0 Å². The number of anilines is 1. The normalized spacial score (nSPS) is 10.3. The van der Waals surface area contributed by atoms with E-state index in [2.05, 4.69) is 31.3 Å². The number of hydrogen-bond donors (Lipinski definition) is 2. The van der Waals surface area contributed by atoms with Gasteiger partial charge >= 0.3 is 0 Å². The third-order valence-corrected chi connectivity index (χ3v) is 3.04. The molecular formula is C11H12BrN5S. The predicted octanol–water partition coefficient (Wildman–Crippen LogP) is 1.82. The van der Waals surface area contributed by atoms with Crippen molar-refractivity contribution in [3.05, 3.63) is 40.4 Å². The highest BCUT2D eigenvalue weighted by molar-refractivity contribution is 9.10. The number of rotatable bonds is 4. The summed E-state index contributed by atoms with van der Waals surface area (Å²) in [4.78, 5) is 4.50. The van der Waals surface area contributed by atoms with E-state index in [0.29, 0.717) is 17.4 Å². The monoisotopic (exact) mass is 325 g/mol. The van der Waals surface area contributed by atoms with Crippen LogP contribution in [0.4, 0.5) is 5.69 Å². The maximum absolute atomic E-state index is 5.68. The fourth-order valence-corrected chi connectivity index (χ4v) is 2.06. The Labute approximate surface area is 119 Å². The fraction of sp³-hybridized carbons (Fsp3) is 0.182. The van der Waals surface area contributed by atoms with E-state index in [9.17, 15) is 0 Å². The van der Waals surface area contributed by atoms with Crippen LogP contribution >= 0.6 is 28.1 Å². The molecule has 0 amide bonds. The lowest BCUT2D eigenvalue weighted by Gasteiger charge is -2.10. The first-order valence-electron chi connectivity index (χ1n) is 5.24. The van der Waals surface area contributed by atoms with Crippen LogP contribution in [0, 0.1) is 0 Å². The van der Waals surface area contributed by atoms with Crippen molar-refractivity contribution in [2.24, 2.45) is 12.8 Å². The van der Waals surface area contributed by atoms with Crippen LogP contribution in [0.1, 0.15) is 11.4 Å². The number of nitrogens with two attached hydrogens (primary N) is 1. The third kappa shape index (κ3) is 3.05. The molecule has 0 fully saturated rings. The second-order valence-electron chi connectivity index (χ2n) is 3.74. The highest BCUT2D eigenvalue weighted by Gasteiger charge is 2.07. The van der Waals surface area contributed by atoms with Crippen LogP contribution in [-0.2, 0) is 13.6 Å². The number of nitrogens with zero attached hydrogens (tertiary/aromatic N) is 3. The second kappa shape index (κ2) is 5.45. The summed E-state index contributed by atoms with van der Waals surface area (Å²) < 4.78 is 2.62. The van der Waals surface area contributed by atoms with E-state index in [1.54, 1.807) is 11.0 Å². The number of aryl methyl sites for hydroxylation is 1. The van der Waals surface area contributed by atoms with Crippen LogP contribution in [0.2, 0.25) is 0 Å². The van der Waals surface area contributed by atoms with Gasteiger partial charge in [-0.1, -0.05) is 28.1 Å². The van der Waals surface area contributed by atoms with Gasteiger partial charge in [-0.2, -0.15) is 5.10 Å². The van der Waals surface area contributed by atoms with Crippen molar-refractivity contribution in [2.75, 3.05) is 5.32 Å². The van der Waals surface area contributed by atoms with Crippen molar-refractivity contribution < 1.29 is 0 Å². The van der Waals surface area contributed by atoms with Gasteiger partial charge in [-0.05, 0) is 18.2 Å². The van der Waals surface area contributed by atoms with Gasteiger partial charge in [0.2, 0.25) is 0 Å². The minimum Gasteiger partial charge on any atom is -0.389 e. The fourth-order valence-electron chi connectivity index (χ4n) is 1.52. The third-order valence-electron chi connectivity index (χ3n) is 2.33. The van der Waals surface area contributed by atoms with Crippen LogP contribution in [-0.4, -0.2) is 19.8 Å². The largest absolute Gasteiger partial charge is 0.389 e. The summed E-state index contributed by atoms with van der Waals surface area (Å²) in [6.45, 7) is 0.521. The summed E-state index contributed by atoms with van der Waals surface area (Å²) in [5, 5.41) is 7.42. The van der Waals surface area contributed by atoms with E-state index in [1.807, 2.05) is 25.2 Å². The number of nitrogens with one attached hydrogen (secondary N) is 1. The highest BCUT2D eigenvalue weighted by atomic mass is 79.9. The van der Waals surface area contributed by atoms with Crippen molar-refractivity contribution in [3.8, 4) is 0 Å². The van der Waals surface area contributed by atoms with Crippen molar-refractivity contribution in [1.82, 2.24) is 14.8 Å². The number of aromatic nitrogens is 3. The summed E-state index contributed by atoms with van der Waals surface area (Å²) in [5.41, 5.74) is 7.35. The average molecular weight is 326 g/mol. The molecule has 0 spiro atoms. The van der Waals surface area contributed by atoms with Gasteiger partial charge in [-0.25, -0.2) is 4.98 Å². The van der Waals surface area contributed by atoms with E-state index >= 15 is 0 Å². The molecule has 0 unspecified atom stereocenters. The van der Waals surface area contributed by atoms with Crippen LogP contribution in [0.3, 0.4) is 0 Å². The molecule has 0 aliphatic heterocycles. The maximum Gasteiger partial charge on any atom is 0.169 e. The molecule has 3 N–H and O–H groups in total. The Morgan fingerprint density at radius 2 is 2.33 bits per heavy atom. The molecule has 94 valence electrons. The van der Waals surface area contributed by atoms with Crippen LogP contribution < -0.4 is 11.1 Å². The SMILES string of the molecule is Cn1cnc(CNc2cc(Br)ccc2C(N)=S)n1. The number of thiocarbonyl (C=S) groups is 1. The standard InChI is InChI=1S/C11H12BrN5S/c1-17-6-15-10(16-17)5-14-9-4-7(12)2-3-8(9)11(13)18/h2-4,6,14H,5H2,1H3,(H2,13,18). The van der Waals surface area contributed by atoms with E-state index in [1.165, 1.54) is 0 Å². The zero-order chi connectivity index (χ0) is 13.1. The summed E-state index contributed by atoms with van der Waals surface area (Å²) in [5.74, 6) is 0.714. The highest BCUT2D eigenvalue weighted by Crippen LogP contribution is 2.21. The Hall–Kier alpha value is -1.47. The van der Waals surface area contributed by atoms with Gasteiger partial charge in [0.1, 0.15) is 11.3 Å². The molecule has 7 heteroatoms. The predicted molar refractivity (Wildman–Crippen MR) is 78.4 cm³/mol. The first-order valence-corrected chi connectivity index (χ1v) is 6.44. The molecule has 0 aliphatic rings. The Morgan fingerprint density at radius 1 is 1.56 bits per heavy atom. The summed E-state index contributed by atoms with van der Waals surface area (Å²) in [6.07, 6.45) is 1.66. The molecule has 0 aliphatic carbocycles. The molecule has 0 saturated carbocycles. The minimum atomic E-state index is 0.360. The van der Waals surface area contributed by atoms with E-state index in [0.717, 1.165) is 15.7 Å². The molecule has 1 aromatic heterocycles. The molecule has 0 bridgehead atoms. The molecule has 0 atom stereocenters. The zero-order valence-corrected chi connectivity index (χ0v) is 12.1. The van der Waals surface area contributed by atoms with Crippen molar-refractivity contribution >= 4 is 38.8 Å². The molecule has 1 aromatic carbocycles. The van der Waals surface area contributed by atoms with Crippen LogP contribution in [0.5, 0.6) is 0 Å². The Kier molecular flexibility index (Phi) is 3.93. The Bertz CT molecular complexity index is 581. The minimum absolute atomic E-state index is 0.360. The Morgan fingerprint density at radius 3 is 2.94 bits per heavy atom. The molecule has 0 saturated heterocycles. The summed E-state index contributed by atoms with van der Waals surface area (Å²) >= 11 is 8.43. The van der Waals surface area contributed by atoms with Gasteiger partial charge < -0.3 is 11.1 Å². The smallest absolute Gasteiger partial charge is 0.169 e. The van der Waals surface area contributed by atoms with E-state index in [4.69, 9.17) is 18.0 Å². The van der Waals surface area contributed by atoms with Crippen LogP contribution in [0.25, 0.3) is 0 Å². The number of halogens is 1. The van der Waals surface area contributed by atoms with Crippen molar-refractivity contribution in [3.63, 3.8) is 0 Å². The molecule has 5 nitrogen and oxygen atoms in total. The summed E-state index contributed by atoms with van der Waals surface area (Å²) in [7, 11) is 1.83. The molecule has 1 heterocycles. The number of benzene rings is 1. The topological polar surface area (TPSA) is 68.8 Å². The zero-order valence-electron chi connectivity index (χ0n) is 9.72. The molecule has 18 heavy (non-hydrogen) atoms. The van der Waals surface area contributed by atoms with Gasteiger partial charge in [0, 0.05) is 22.8 Å². The Balaban J connectivity index is 2.17. The molecule has 0 radical (unpaired) electrons. The first kappa shape index (κ1) is 13.0. The lowest BCUT2D eigenvalue weighted by molar-refractivity contribution is 0.747. The number of hydrogen-bond acceptors (Lipinski definition) is 4. The second-order valence-corrected chi connectivity index (χ2v) is 5.10. The van der Waals surface area contributed by atoms with Gasteiger partial charge in [0.05, 0.1) is 6.54 Å². The maximum atomic E-state index is 5.68. The first-order chi connectivity index (χ1) is 8.56. The van der Waals surface area contributed by atoms with E-state index < -0.39 is 0 Å². The van der Waals surface area contributed by atoms with Crippen molar-refractivity contribution in [1.29, 1.82) is 0 Å². The summed E-state index contributed by atoms with van der Waals surface area (Å²) in [6, 6.07) is 5.71. The van der Waals surface area contributed by atoms with Gasteiger partial charge in [0.25, 0.3) is 0 Å². The van der Waals surface area contributed by atoms with Gasteiger partial charge in [0.15, 0.2) is 5.82 Å². The lowest BCUT2D eigenvalue weighted by atomic mass is 10.2. The lowest BCUT2D eigenvalue weighted by Crippen LogP contribution is -2.13. The van der Waals surface area contributed by atoms with Crippen LogP contribution in [0.15, 0.2) is 29.0 Å².